The van der Waals surface area contributed by atoms with Crippen molar-refractivity contribution >= 4 is 33.2 Å². The molecule has 0 saturated carbocycles. The smallest absolute Gasteiger partial charge is 0.253 e. The number of rotatable bonds is 3. The Hall–Kier alpha value is -1.24. The number of carbonyl (C=O) groups excluding carboxylic acids is 1. The van der Waals surface area contributed by atoms with E-state index in [0.29, 0.717) is 0 Å². The molecule has 3 rings (SSSR count). The van der Waals surface area contributed by atoms with Gasteiger partial charge >= 0.3 is 0 Å². The van der Waals surface area contributed by atoms with Gasteiger partial charge in [-0.25, -0.2) is 4.98 Å². The fourth-order valence-corrected chi connectivity index (χ4v) is 4.22. The summed E-state index contributed by atoms with van der Waals surface area (Å²) in [5, 5.41) is 3.37. The highest BCUT2D eigenvalue weighted by atomic mass is 79.9. The van der Waals surface area contributed by atoms with E-state index in [1.54, 1.807) is 11.3 Å². The lowest BCUT2D eigenvalue weighted by atomic mass is 9.98. The summed E-state index contributed by atoms with van der Waals surface area (Å²) in [4.78, 5) is 21.9. The van der Waals surface area contributed by atoms with Crippen molar-refractivity contribution in [1.82, 2.24) is 14.8 Å². The van der Waals surface area contributed by atoms with Crippen molar-refractivity contribution in [2.75, 3.05) is 26.2 Å². The van der Waals surface area contributed by atoms with E-state index in [-0.39, 0.29) is 11.3 Å². The van der Waals surface area contributed by atoms with E-state index in [9.17, 15) is 4.79 Å². The highest BCUT2D eigenvalue weighted by molar-refractivity contribution is 9.10. The molecule has 1 aromatic heterocycles. The summed E-state index contributed by atoms with van der Waals surface area (Å²) in [7, 11) is 0. The number of amides is 1. The van der Waals surface area contributed by atoms with Gasteiger partial charge < -0.3 is 4.90 Å². The lowest BCUT2D eigenvalue weighted by molar-refractivity contribution is 0.0761. The third-order valence-corrected chi connectivity index (χ3v) is 6.39. The minimum absolute atomic E-state index is 0.107. The Morgan fingerprint density at radius 3 is 2.54 bits per heavy atom. The Morgan fingerprint density at radius 1 is 1.15 bits per heavy atom. The van der Waals surface area contributed by atoms with Gasteiger partial charge in [-0.05, 0) is 30.7 Å². The molecule has 1 aliphatic rings. The first-order valence-corrected chi connectivity index (χ1v) is 10.7. The maximum Gasteiger partial charge on any atom is 0.253 e. The molecule has 0 radical (unpaired) electrons. The number of benzene rings is 1. The van der Waals surface area contributed by atoms with Crippen LogP contribution in [0.1, 0.15) is 48.3 Å². The summed E-state index contributed by atoms with van der Waals surface area (Å²) in [6.45, 7) is 11.0. The molecule has 0 spiro atoms. The summed E-state index contributed by atoms with van der Waals surface area (Å²) in [6, 6.07) is 7.62. The van der Waals surface area contributed by atoms with Gasteiger partial charge in [0.05, 0.1) is 10.7 Å². The Kier molecular flexibility index (Phi) is 6.15. The molecule has 1 aromatic carbocycles. The Balaban J connectivity index is 1.58. The largest absolute Gasteiger partial charge is 0.337 e. The Bertz CT molecular complexity index is 751. The molecule has 1 fully saturated rings. The fraction of sp³-hybridized carbons (Fsp3) is 0.500. The number of aromatic nitrogens is 1. The minimum Gasteiger partial charge on any atom is -0.337 e. The summed E-state index contributed by atoms with van der Waals surface area (Å²) < 4.78 is 0.994. The molecule has 0 aliphatic carbocycles. The topological polar surface area (TPSA) is 36.4 Å². The van der Waals surface area contributed by atoms with E-state index in [4.69, 9.17) is 4.98 Å². The summed E-state index contributed by atoms with van der Waals surface area (Å²) in [6.07, 6.45) is 0.999. The average Bonchev–Trinajstić information content (AvgIpc) is 2.94. The molecular weight excluding hydrogens is 410 g/mol. The zero-order chi connectivity index (χ0) is 18.7. The van der Waals surface area contributed by atoms with Gasteiger partial charge in [0, 0.05) is 53.6 Å². The van der Waals surface area contributed by atoms with Crippen LogP contribution in [0, 0.1) is 0 Å². The van der Waals surface area contributed by atoms with Crippen molar-refractivity contribution in [3.63, 3.8) is 0 Å². The number of hydrogen-bond acceptors (Lipinski definition) is 4. The van der Waals surface area contributed by atoms with E-state index in [2.05, 4.69) is 47.0 Å². The van der Waals surface area contributed by atoms with Crippen molar-refractivity contribution in [3.05, 3.63) is 50.4 Å². The molecule has 0 bridgehead atoms. The molecule has 1 saturated heterocycles. The van der Waals surface area contributed by atoms with Crippen molar-refractivity contribution < 1.29 is 4.79 Å². The van der Waals surface area contributed by atoms with Crippen LogP contribution in [0.3, 0.4) is 0 Å². The number of nitrogens with zero attached hydrogens (tertiary/aromatic N) is 3. The molecule has 6 heteroatoms. The van der Waals surface area contributed by atoms with Crippen molar-refractivity contribution in [2.45, 2.75) is 39.2 Å². The second kappa shape index (κ2) is 8.19. The highest BCUT2D eigenvalue weighted by Gasteiger charge is 2.22. The quantitative estimate of drug-likeness (QED) is 0.708. The number of hydrogen-bond donors (Lipinski definition) is 0. The van der Waals surface area contributed by atoms with Gasteiger partial charge in [0.1, 0.15) is 0 Å². The third kappa shape index (κ3) is 4.93. The van der Waals surface area contributed by atoms with Gasteiger partial charge in [-0.2, -0.15) is 0 Å². The second-order valence-electron chi connectivity index (χ2n) is 7.82. The first-order chi connectivity index (χ1) is 12.3. The fourth-order valence-electron chi connectivity index (χ4n) is 3.06. The SMILES string of the molecule is CC(C)(C)c1nc(CN2CCCN(C(=O)c3ccc(Br)cc3)CC2)cs1. The van der Waals surface area contributed by atoms with Gasteiger partial charge in [0.25, 0.3) is 5.91 Å². The monoisotopic (exact) mass is 435 g/mol. The van der Waals surface area contributed by atoms with Crippen LogP contribution >= 0.6 is 27.3 Å². The zero-order valence-corrected chi connectivity index (χ0v) is 18.1. The summed E-state index contributed by atoms with van der Waals surface area (Å²) >= 11 is 5.17. The molecule has 26 heavy (non-hydrogen) atoms. The van der Waals surface area contributed by atoms with Gasteiger partial charge in [-0.1, -0.05) is 36.7 Å². The van der Waals surface area contributed by atoms with Crippen LogP contribution in [-0.2, 0) is 12.0 Å². The van der Waals surface area contributed by atoms with Gasteiger partial charge in [0.15, 0.2) is 0 Å². The van der Waals surface area contributed by atoms with Crippen molar-refractivity contribution in [1.29, 1.82) is 0 Å². The van der Waals surface area contributed by atoms with E-state index >= 15 is 0 Å². The van der Waals surface area contributed by atoms with E-state index in [1.165, 1.54) is 5.01 Å². The standard InChI is InChI=1S/C20H26BrN3OS/c1-20(2,3)19-22-17(14-26-19)13-23-9-4-10-24(12-11-23)18(25)15-5-7-16(21)8-6-15/h5-8,14H,4,9-13H2,1-3H3. The van der Waals surface area contributed by atoms with Crippen molar-refractivity contribution in [2.24, 2.45) is 0 Å². The highest BCUT2D eigenvalue weighted by Crippen LogP contribution is 2.26. The molecule has 0 unspecified atom stereocenters. The van der Waals surface area contributed by atoms with Crippen LogP contribution in [0.4, 0.5) is 0 Å². The second-order valence-corrected chi connectivity index (χ2v) is 9.60. The number of carbonyl (C=O) groups is 1. The van der Waals surface area contributed by atoms with E-state index in [1.807, 2.05) is 29.2 Å². The first-order valence-electron chi connectivity index (χ1n) is 9.05. The predicted octanol–water partition coefficient (Wildman–Crippen LogP) is 4.55. The third-order valence-electron chi connectivity index (χ3n) is 4.55. The number of halogens is 1. The van der Waals surface area contributed by atoms with Gasteiger partial charge in [-0.15, -0.1) is 11.3 Å². The maximum atomic E-state index is 12.7. The Labute approximate surface area is 168 Å². The van der Waals surface area contributed by atoms with Crippen molar-refractivity contribution in [3.8, 4) is 0 Å². The summed E-state index contributed by atoms with van der Waals surface area (Å²) in [5.41, 5.74) is 2.01. The summed E-state index contributed by atoms with van der Waals surface area (Å²) in [5.74, 6) is 0.128. The van der Waals surface area contributed by atoms with E-state index in [0.717, 1.165) is 54.9 Å². The predicted molar refractivity (Wildman–Crippen MR) is 111 cm³/mol. The molecule has 0 atom stereocenters. The van der Waals surface area contributed by atoms with Crippen LogP contribution in [0.15, 0.2) is 34.1 Å². The molecule has 2 aromatic rings. The van der Waals surface area contributed by atoms with E-state index < -0.39 is 0 Å². The molecular formula is C20H26BrN3OS. The first kappa shape index (κ1) is 19.5. The van der Waals surface area contributed by atoms with Crippen LogP contribution in [0.2, 0.25) is 0 Å². The average molecular weight is 436 g/mol. The molecule has 0 N–H and O–H groups in total. The molecule has 1 amide bonds. The maximum absolute atomic E-state index is 12.7. The lowest BCUT2D eigenvalue weighted by Crippen LogP contribution is -2.35. The molecule has 140 valence electrons. The zero-order valence-electron chi connectivity index (χ0n) is 15.7. The van der Waals surface area contributed by atoms with Gasteiger partial charge in [0.2, 0.25) is 0 Å². The normalized spacial score (nSPS) is 16.5. The molecule has 1 aliphatic heterocycles. The molecule has 4 nitrogen and oxygen atoms in total. The lowest BCUT2D eigenvalue weighted by Gasteiger charge is -2.21. The van der Waals surface area contributed by atoms with Crippen LogP contribution in [0.25, 0.3) is 0 Å². The van der Waals surface area contributed by atoms with Crippen LogP contribution in [0.5, 0.6) is 0 Å². The molecule has 2 heterocycles. The minimum atomic E-state index is 0.107. The van der Waals surface area contributed by atoms with Crippen LogP contribution < -0.4 is 0 Å². The Morgan fingerprint density at radius 2 is 1.88 bits per heavy atom. The van der Waals surface area contributed by atoms with Gasteiger partial charge in [-0.3, -0.25) is 9.69 Å². The number of thiazole rings is 1. The van der Waals surface area contributed by atoms with Crippen LogP contribution in [-0.4, -0.2) is 46.9 Å².